The summed E-state index contributed by atoms with van der Waals surface area (Å²) in [6, 6.07) is -1.12. The third-order valence-corrected chi connectivity index (χ3v) is 4.51. The quantitative estimate of drug-likeness (QED) is 0.696. The molecule has 1 saturated heterocycles. The van der Waals surface area contributed by atoms with Gasteiger partial charge >= 0.3 is 0 Å². The van der Waals surface area contributed by atoms with Crippen LogP contribution in [0.3, 0.4) is 0 Å². The van der Waals surface area contributed by atoms with Gasteiger partial charge in [-0.1, -0.05) is 20.8 Å². The van der Waals surface area contributed by atoms with Crippen molar-refractivity contribution >= 4 is 23.6 Å². The molecule has 0 bridgehead atoms. The number of nitrogens with zero attached hydrogens (tertiary/aromatic N) is 2. The fourth-order valence-electron chi connectivity index (χ4n) is 2.85. The molecule has 1 heterocycles. The van der Waals surface area contributed by atoms with Gasteiger partial charge in [-0.15, -0.1) is 0 Å². The summed E-state index contributed by atoms with van der Waals surface area (Å²) in [5.41, 5.74) is -0.425. The van der Waals surface area contributed by atoms with E-state index in [1.807, 2.05) is 20.8 Å². The molecule has 0 aliphatic carbocycles. The lowest BCUT2D eigenvalue weighted by atomic mass is 9.85. The molecular formula is C18H32N4O4. The zero-order valence-corrected chi connectivity index (χ0v) is 16.7. The van der Waals surface area contributed by atoms with E-state index in [0.717, 1.165) is 0 Å². The molecule has 148 valence electrons. The first-order chi connectivity index (χ1) is 11.9. The van der Waals surface area contributed by atoms with E-state index in [9.17, 15) is 19.2 Å². The van der Waals surface area contributed by atoms with Crippen molar-refractivity contribution in [3.8, 4) is 0 Å². The number of nitrogens with one attached hydrogen (secondary N) is 2. The number of rotatable bonds is 6. The number of hydrogen-bond donors (Lipinski definition) is 2. The van der Waals surface area contributed by atoms with Crippen molar-refractivity contribution in [1.29, 1.82) is 0 Å². The van der Waals surface area contributed by atoms with Crippen molar-refractivity contribution < 1.29 is 19.2 Å². The molecule has 2 atom stereocenters. The van der Waals surface area contributed by atoms with Gasteiger partial charge in [0.25, 0.3) is 0 Å². The summed E-state index contributed by atoms with van der Waals surface area (Å²) in [6.07, 6.45) is 1.80. The number of hydrogen-bond acceptors (Lipinski definition) is 4. The Kier molecular flexibility index (Phi) is 7.59. The molecule has 8 heteroatoms. The predicted molar refractivity (Wildman–Crippen MR) is 98.1 cm³/mol. The maximum atomic E-state index is 12.7. The van der Waals surface area contributed by atoms with E-state index in [-0.39, 0.29) is 23.6 Å². The minimum atomic E-state index is -0.636. The molecule has 1 aliphatic heterocycles. The molecule has 0 radical (unpaired) electrons. The Morgan fingerprint density at radius 3 is 2.27 bits per heavy atom. The molecule has 1 rings (SSSR count). The molecular weight excluding hydrogens is 336 g/mol. The molecule has 0 aromatic heterocycles. The van der Waals surface area contributed by atoms with Crippen molar-refractivity contribution in [2.24, 2.45) is 5.41 Å². The van der Waals surface area contributed by atoms with Crippen molar-refractivity contribution in [2.45, 2.75) is 59.0 Å². The second-order valence-corrected chi connectivity index (χ2v) is 8.03. The molecule has 0 saturated carbocycles. The standard InChI is InChI=1S/C18H32N4O4/c1-12(23)19-15(18(2,3)4)17(26)22(6)11-10-21(5)16(25)13-8-7-9-14(24)20-13/h13,15H,7-11H2,1-6H3,(H,19,23)(H,20,24)/t13-,15-/m1/s1. The molecule has 8 nitrogen and oxygen atoms in total. The van der Waals surface area contributed by atoms with Gasteiger partial charge < -0.3 is 20.4 Å². The molecule has 1 aliphatic rings. The van der Waals surface area contributed by atoms with Crippen molar-refractivity contribution in [1.82, 2.24) is 20.4 Å². The Labute approximate surface area is 155 Å². The van der Waals surface area contributed by atoms with Crippen LogP contribution in [-0.4, -0.2) is 72.7 Å². The van der Waals surface area contributed by atoms with Crippen LogP contribution in [0.1, 0.15) is 47.0 Å². The van der Waals surface area contributed by atoms with Gasteiger partial charge in [0.2, 0.25) is 23.6 Å². The van der Waals surface area contributed by atoms with Crippen LogP contribution < -0.4 is 10.6 Å². The van der Waals surface area contributed by atoms with E-state index in [4.69, 9.17) is 0 Å². The van der Waals surface area contributed by atoms with Crippen LogP contribution >= 0.6 is 0 Å². The number of amides is 4. The average molecular weight is 368 g/mol. The highest BCUT2D eigenvalue weighted by Gasteiger charge is 2.34. The molecule has 4 amide bonds. The third-order valence-electron chi connectivity index (χ3n) is 4.51. The normalized spacial score (nSPS) is 18.5. The highest BCUT2D eigenvalue weighted by molar-refractivity contribution is 5.89. The Bertz CT molecular complexity index is 556. The van der Waals surface area contributed by atoms with E-state index in [2.05, 4.69) is 10.6 Å². The van der Waals surface area contributed by atoms with E-state index < -0.39 is 17.5 Å². The summed E-state index contributed by atoms with van der Waals surface area (Å²) < 4.78 is 0. The van der Waals surface area contributed by atoms with Crippen LogP contribution in [0.4, 0.5) is 0 Å². The maximum Gasteiger partial charge on any atom is 0.245 e. The molecule has 0 aromatic carbocycles. The maximum absolute atomic E-state index is 12.7. The highest BCUT2D eigenvalue weighted by atomic mass is 16.2. The average Bonchev–Trinajstić information content (AvgIpc) is 2.54. The van der Waals surface area contributed by atoms with Gasteiger partial charge in [-0.25, -0.2) is 0 Å². The molecule has 1 fully saturated rings. The SMILES string of the molecule is CC(=O)N[C@H](C(=O)N(C)CCN(C)C(=O)[C@H]1CCCC(=O)N1)C(C)(C)C. The second-order valence-electron chi connectivity index (χ2n) is 8.03. The number of carbonyl (C=O) groups excluding carboxylic acids is 4. The fourth-order valence-corrected chi connectivity index (χ4v) is 2.85. The van der Waals surface area contributed by atoms with Gasteiger partial charge in [-0.05, 0) is 18.3 Å². The fraction of sp³-hybridized carbons (Fsp3) is 0.778. The summed E-state index contributed by atoms with van der Waals surface area (Å²) in [4.78, 5) is 51.0. The van der Waals surface area contributed by atoms with Crippen molar-refractivity contribution in [2.75, 3.05) is 27.2 Å². The summed E-state index contributed by atoms with van der Waals surface area (Å²) in [5, 5.41) is 5.42. The largest absolute Gasteiger partial charge is 0.344 e. The zero-order valence-electron chi connectivity index (χ0n) is 16.7. The van der Waals surface area contributed by atoms with Gasteiger partial charge in [-0.3, -0.25) is 19.2 Å². The first-order valence-corrected chi connectivity index (χ1v) is 9.00. The summed E-state index contributed by atoms with van der Waals surface area (Å²) in [5.74, 6) is -0.696. The number of piperidine rings is 1. The third kappa shape index (κ3) is 6.31. The van der Waals surface area contributed by atoms with Crippen LogP contribution in [-0.2, 0) is 19.2 Å². The van der Waals surface area contributed by atoms with Crippen LogP contribution in [0.15, 0.2) is 0 Å². The van der Waals surface area contributed by atoms with Crippen LogP contribution in [0.2, 0.25) is 0 Å². The predicted octanol–water partition coefficient (Wildman–Crippen LogP) is 0.123. The smallest absolute Gasteiger partial charge is 0.245 e. The molecule has 0 spiro atoms. The summed E-state index contributed by atoms with van der Waals surface area (Å²) in [7, 11) is 3.32. The van der Waals surface area contributed by atoms with Crippen molar-refractivity contribution in [3.05, 3.63) is 0 Å². The van der Waals surface area contributed by atoms with Crippen LogP contribution in [0.5, 0.6) is 0 Å². The molecule has 0 aromatic rings. The molecule has 26 heavy (non-hydrogen) atoms. The topological polar surface area (TPSA) is 98.8 Å². The van der Waals surface area contributed by atoms with Gasteiger partial charge in [-0.2, -0.15) is 0 Å². The monoisotopic (exact) mass is 368 g/mol. The Balaban J connectivity index is 2.61. The van der Waals surface area contributed by atoms with E-state index in [0.29, 0.717) is 32.4 Å². The Hall–Kier alpha value is -2.12. The Morgan fingerprint density at radius 1 is 1.19 bits per heavy atom. The van der Waals surface area contributed by atoms with Gasteiger partial charge in [0, 0.05) is 40.5 Å². The Morgan fingerprint density at radius 2 is 1.77 bits per heavy atom. The minimum Gasteiger partial charge on any atom is -0.344 e. The lowest BCUT2D eigenvalue weighted by Crippen LogP contribution is -2.55. The van der Waals surface area contributed by atoms with Gasteiger partial charge in [0.05, 0.1) is 0 Å². The van der Waals surface area contributed by atoms with Gasteiger partial charge in [0.1, 0.15) is 12.1 Å². The van der Waals surface area contributed by atoms with Gasteiger partial charge in [0.15, 0.2) is 0 Å². The lowest BCUT2D eigenvalue weighted by Gasteiger charge is -2.34. The van der Waals surface area contributed by atoms with E-state index in [1.165, 1.54) is 16.7 Å². The van der Waals surface area contributed by atoms with Crippen molar-refractivity contribution in [3.63, 3.8) is 0 Å². The zero-order chi connectivity index (χ0) is 20.1. The minimum absolute atomic E-state index is 0.0985. The lowest BCUT2D eigenvalue weighted by molar-refractivity contribution is -0.140. The molecule has 2 N–H and O–H groups in total. The first kappa shape index (κ1) is 21.9. The van der Waals surface area contributed by atoms with E-state index >= 15 is 0 Å². The number of carbonyl (C=O) groups is 4. The number of likely N-dealkylation sites (N-methyl/N-ethyl adjacent to an activating group) is 2. The second kappa shape index (κ2) is 9.00. The van der Waals surface area contributed by atoms with Crippen LogP contribution in [0, 0.1) is 5.41 Å². The van der Waals surface area contributed by atoms with Crippen LogP contribution in [0.25, 0.3) is 0 Å². The first-order valence-electron chi connectivity index (χ1n) is 9.00. The highest BCUT2D eigenvalue weighted by Crippen LogP contribution is 2.21. The van der Waals surface area contributed by atoms with E-state index in [1.54, 1.807) is 14.1 Å². The summed E-state index contributed by atoms with van der Waals surface area (Å²) >= 11 is 0. The summed E-state index contributed by atoms with van der Waals surface area (Å²) in [6.45, 7) is 7.75. The molecule has 0 unspecified atom stereocenters.